The normalized spacial score (nSPS) is 28.3. The van der Waals surface area contributed by atoms with Crippen LogP contribution in [0.15, 0.2) is 30.3 Å². The second kappa shape index (κ2) is 7.29. The van der Waals surface area contributed by atoms with Gasteiger partial charge in [-0.3, -0.25) is 0 Å². The number of halogens is 7. The number of hydrogen-bond donors (Lipinski definition) is 2. The summed E-state index contributed by atoms with van der Waals surface area (Å²) < 4.78 is 81.0. The van der Waals surface area contributed by atoms with Crippen molar-refractivity contribution in [1.29, 1.82) is 0 Å². The SMILES string of the molecule is O=C(O)c1cc(Cl)cc2c1N[C@H](c1cc(C(F)(F)F)cc(C(F)(F)F)c1)[C@H]1[C@H]3CC[C@@H](C3)[C@@H]21. The van der Waals surface area contributed by atoms with Crippen molar-refractivity contribution in [1.82, 2.24) is 0 Å². The molecule has 5 rings (SSSR count). The number of carboxylic acids is 1. The van der Waals surface area contributed by atoms with E-state index >= 15 is 0 Å². The molecule has 5 atom stereocenters. The van der Waals surface area contributed by atoms with E-state index in [-0.39, 0.29) is 51.6 Å². The predicted molar refractivity (Wildman–Crippen MR) is 108 cm³/mol. The van der Waals surface area contributed by atoms with Crippen LogP contribution < -0.4 is 5.32 Å². The molecule has 0 unspecified atom stereocenters. The summed E-state index contributed by atoms with van der Waals surface area (Å²) in [6, 6.07) is 3.63. The van der Waals surface area contributed by atoms with Gasteiger partial charge >= 0.3 is 18.3 Å². The van der Waals surface area contributed by atoms with Crippen LogP contribution in [-0.2, 0) is 12.4 Å². The number of fused-ring (bicyclic) bond motifs is 7. The fourth-order valence-corrected chi connectivity index (χ4v) is 6.44. The number of alkyl halides is 6. The Kier molecular flexibility index (Phi) is 4.94. The first-order valence-corrected chi connectivity index (χ1v) is 10.8. The summed E-state index contributed by atoms with van der Waals surface area (Å²) in [5.74, 6) is -1.44. The number of aromatic carboxylic acids is 1. The van der Waals surface area contributed by atoms with Crippen molar-refractivity contribution in [2.24, 2.45) is 17.8 Å². The number of carbonyl (C=O) groups is 1. The molecule has 2 bridgehead atoms. The maximum Gasteiger partial charge on any atom is 0.416 e. The van der Waals surface area contributed by atoms with Gasteiger partial charge in [-0.1, -0.05) is 11.6 Å². The molecule has 2 saturated carbocycles. The van der Waals surface area contributed by atoms with Crippen LogP contribution in [-0.4, -0.2) is 11.1 Å². The van der Waals surface area contributed by atoms with Crippen LogP contribution >= 0.6 is 11.6 Å². The molecule has 33 heavy (non-hydrogen) atoms. The molecule has 2 aromatic rings. The Morgan fingerprint density at radius 2 is 1.55 bits per heavy atom. The van der Waals surface area contributed by atoms with Crippen LogP contribution in [0.5, 0.6) is 0 Å². The highest BCUT2D eigenvalue weighted by molar-refractivity contribution is 6.31. The van der Waals surface area contributed by atoms with E-state index in [0.29, 0.717) is 5.56 Å². The molecular formula is C23H18ClF6NO2. The van der Waals surface area contributed by atoms with Gasteiger partial charge in [0, 0.05) is 5.02 Å². The van der Waals surface area contributed by atoms with Gasteiger partial charge in [-0.15, -0.1) is 0 Å². The van der Waals surface area contributed by atoms with Gasteiger partial charge in [0.2, 0.25) is 0 Å². The van der Waals surface area contributed by atoms with E-state index in [1.807, 2.05) is 0 Å². The standard InChI is InChI=1S/C23H18ClF6NO2/c24-14-7-15-17-9-1-2-10(3-9)18(17)19(31-20(15)16(8-14)21(32)33)11-4-12(22(25,26)27)6-13(5-11)23(28,29)30/h4-10,17-19,31H,1-3H2,(H,32,33)/t9-,10-,17-,18-,19+/m0/s1. The molecule has 3 aliphatic rings. The van der Waals surface area contributed by atoms with E-state index in [2.05, 4.69) is 5.32 Å². The molecule has 0 saturated heterocycles. The molecule has 0 spiro atoms. The van der Waals surface area contributed by atoms with Gasteiger partial charge in [0.15, 0.2) is 0 Å². The second-order valence-electron chi connectivity index (χ2n) is 9.12. The molecule has 0 amide bonds. The van der Waals surface area contributed by atoms with Crippen LogP contribution in [0.25, 0.3) is 0 Å². The van der Waals surface area contributed by atoms with Gasteiger partial charge in [0.1, 0.15) is 0 Å². The summed E-state index contributed by atoms with van der Waals surface area (Å²) in [7, 11) is 0. The maximum atomic E-state index is 13.5. The van der Waals surface area contributed by atoms with Crippen molar-refractivity contribution in [3.05, 3.63) is 63.2 Å². The number of carboxylic acid groups (broad SMARTS) is 1. The Bertz CT molecular complexity index is 1110. The Morgan fingerprint density at radius 1 is 0.939 bits per heavy atom. The lowest BCUT2D eigenvalue weighted by Crippen LogP contribution is -2.36. The molecule has 0 radical (unpaired) electrons. The lowest BCUT2D eigenvalue weighted by atomic mass is 9.67. The molecule has 2 fully saturated rings. The fourth-order valence-electron chi connectivity index (χ4n) is 6.21. The molecule has 3 nitrogen and oxygen atoms in total. The van der Waals surface area contributed by atoms with Gasteiger partial charge in [-0.2, -0.15) is 26.3 Å². The van der Waals surface area contributed by atoms with Gasteiger partial charge in [-0.25, -0.2) is 4.79 Å². The highest BCUT2D eigenvalue weighted by atomic mass is 35.5. The first kappa shape index (κ1) is 22.4. The Balaban J connectivity index is 1.71. The quantitative estimate of drug-likeness (QED) is 0.433. The van der Waals surface area contributed by atoms with Gasteiger partial charge in [0.05, 0.1) is 28.4 Å². The topological polar surface area (TPSA) is 49.3 Å². The molecule has 10 heteroatoms. The minimum atomic E-state index is -4.96. The number of hydrogen-bond acceptors (Lipinski definition) is 2. The predicted octanol–water partition coefficient (Wildman–Crippen LogP) is 7.37. The first-order chi connectivity index (χ1) is 15.3. The van der Waals surface area contributed by atoms with Crippen LogP contribution in [0, 0.1) is 17.8 Å². The van der Waals surface area contributed by atoms with Crippen molar-refractivity contribution in [2.45, 2.75) is 43.6 Å². The average Bonchev–Trinajstić information content (AvgIpc) is 3.33. The maximum absolute atomic E-state index is 13.5. The van der Waals surface area contributed by atoms with E-state index in [0.717, 1.165) is 31.4 Å². The number of anilines is 1. The third-order valence-electron chi connectivity index (χ3n) is 7.36. The summed E-state index contributed by atoms with van der Waals surface area (Å²) in [5.41, 5.74) is -2.15. The van der Waals surface area contributed by atoms with Crippen LogP contribution in [0.1, 0.15) is 63.8 Å². The van der Waals surface area contributed by atoms with Crippen molar-refractivity contribution in [3.63, 3.8) is 0 Å². The minimum Gasteiger partial charge on any atom is -0.478 e. The average molecular weight is 490 g/mol. The fraction of sp³-hybridized carbons (Fsp3) is 0.435. The minimum absolute atomic E-state index is 0.112. The van der Waals surface area contributed by atoms with Crippen molar-refractivity contribution >= 4 is 23.3 Å². The zero-order valence-corrected chi connectivity index (χ0v) is 17.7. The summed E-state index contributed by atoms with van der Waals surface area (Å²) in [5, 5.41) is 13.0. The van der Waals surface area contributed by atoms with Crippen LogP contribution in [0.3, 0.4) is 0 Å². The van der Waals surface area contributed by atoms with Crippen LogP contribution in [0.4, 0.5) is 32.0 Å². The lowest BCUT2D eigenvalue weighted by Gasteiger charge is -2.44. The van der Waals surface area contributed by atoms with E-state index in [1.54, 1.807) is 6.07 Å². The third kappa shape index (κ3) is 3.64. The van der Waals surface area contributed by atoms with Crippen molar-refractivity contribution < 1.29 is 36.2 Å². The summed E-state index contributed by atoms with van der Waals surface area (Å²) in [6.45, 7) is 0. The molecule has 2 N–H and O–H groups in total. The van der Waals surface area contributed by atoms with Gasteiger partial charge in [-0.05, 0) is 84.4 Å². The van der Waals surface area contributed by atoms with E-state index < -0.39 is 35.5 Å². The largest absolute Gasteiger partial charge is 0.478 e. The Morgan fingerprint density at radius 3 is 2.12 bits per heavy atom. The second-order valence-corrected chi connectivity index (χ2v) is 9.56. The van der Waals surface area contributed by atoms with Crippen molar-refractivity contribution in [3.8, 4) is 0 Å². The van der Waals surface area contributed by atoms with Crippen LogP contribution in [0.2, 0.25) is 5.02 Å². The van der Waals surface area contributed by atoms with Gasteiger partial charge < -0.3 is 10.4 Å². The van der Waals surface area contributed by atoms with Gasteiger partial charge in [0.25, 0.3) is 0 Å². The zero-order valence-electron chi connectivity index (χ0n) is 16.9. The number of nitrogens with one attached hydrogen (secondary N) is 1. The third-order valence-corrected chi connectivity index (χ3v) is 7.58. The summed E-state index contributed by atoms with van der Waals surface area (Å²) in [4.78, 5) is 11.9. The molecule has 1 aliphatic heterocycles. The smallest absolute Gasteiger partial charge is 0.416 e. The molecule has 176 valence electrons. The molecule has 1 heterocycles. The monoisotopic (exact) mass is 489 g/mol. The van der Waals surface area contributed by atoms with E-state index in [9.17, 15) is 36.2 Å². The molecule has 0 aromatic heterocycles. The molecule has 2 aliphatic carbocycles. The number of benzene rings is 2. The molecular weight excluding hydrogens is 472 g/mol. The van der Waals surface area contributed by atoms with Crippen molar-refractivity contribution in [2.75, 3.05) is 5.32 Å². The highest BCUT2D eigenvalue weighted by Crippen LogP contribution is 2.64. The lowest BCUT2D eigenvalue weighted by molar-refractivity contribution is -0.143. The Labute approximate surface area is 189 Å². The van der Waals surface area contributed by atoms with E-state index in [1.165, 1.54) is 6.07 Å². The summed E-state index contributed by atoms with van der Waals surface area (Å²) >= 11 is 6.17. The number of rotatable bonds is 2. The summed E-state index contributed by atoms with van der Waals surface area (Å²) in [6.07, 6.45) is -7.42. The molecule has 2 aromatic carbocycles. The Hall–Kier alpha value is -2.42. The zero-order chi connectivity index (χ0) is 23.9. The first-order valence-electron chi connectivity index (χ1n) is 10.5. The highest BCUT2D eigenvalue weighted by Gasteiger charge is 2.54. The van der Waals surface area contributed by atoms with E-state index in [4.69, 9.17) is 11.6 Å².